The summed E-state index contributed by atoms with van der Waals surface area (Å²) in [4.78, 5) is 2.53. The van der Waals surface area contributed by atoms with Crippen LogP contribution in [0.4, 0.5) is 0 Å². The van der Waals surface area contributed by atoms with Crippen LogP contribution in [0.3, 0.4) is 0 Å². The highest BCUT2D eigenvalue weighted by molar-refractivity contribution is 4.69. The van der Waals surface area contributed by atoms with E-state index in [-0.39, 0.29) is 0 Å². The van der Waals surface area contributed by atoms with E-state index in [1.165, 1.54) is 38.8 Å². The summed E-state index contributed by atoms with van der Waals surface area (Å²) in [5, 5.41) is 0. The molecule has 0 amide bonds. The third-order valence-corrected chi connectivity index (χ3v) is 4.81. The van der Waals surface area contributed by atoms with Crippen molar-refractivity contribution in [3.05, 3.63) is 0 Å². The average Bonchev–Trinajstić information content (AvgIpc) is 2.34. The summed E-state index contributed by atoms with van der Waals surface area (Å²) in [7, 11) is 2.28. The summed E-state index contributed by atoms with van der Waals surface area (Å²) < 4.78 is 0. The molecular weight excluding hydrogens is 218 g/mol. The highest BCUT2D eigenvalue weighted by Gasteiger charge is 2.18. The molecule has 1 nitrogen and oxygen atoms in total. The molecule has 0 aromatic rings. The van der Waals surface area contributed by atoms with Gasteiger partial charge in [-0.3, -0.25) is 0 Å². The van der Waals surface area contributed by atoms with E-state index in [1.807, 2.05) is 0 Å². The van der Waals surface area contributed by atoms with E-state index in [0.717, 1.165) is 23.7 Å². The van der Waals surface area contributed by atoms with Crippen molar-refractivity contribution in [2.24, 2.45) is 23.7 Å². The fraction of sp³-hybridized carbons (Fsp3) is 1.00. The molecule has 0 aliphatic rings. The first-order valence-corrected chi connectivity index (χ1v) is 8.10. The molecule has 1 heteroatoms. The monoisotopic (exact) mass is 255 g/mol. The molecule has 4 atom stereocenters. The minimum absolute atomic E-state index is 0.849. The van der Waals surface area contributed by atoms with E-state index >= 15 is 0 Å². The van der Waals surface area contributed by atoms with Crippen molar-refractivity contribution in [2.75, 3.05) is 20.1 Å². The van der Waals surface area contributed by atoms with Crippen molar-refractivity contribution in [1.29, 1.82) is 0 Å². The molecule has 0 radical (unpaired) electrons. The molecule has 0 aliphatic heterocycles. The SMILES string of the molecule is CCCC(C)CN(C)CCC(C)C(C)C(C)CC. The van der Waals surface area contributed by atoms with Gasteiger partial charge in [0.15, 0.2) is 0 Å². The lowest BCUT2D eigenvalue weighted by Gasteiger charge is -2.28. The zero-order chi connectivity index (χ0) is 14.1. The molecule has 18 heavy (non-hydrogen) atoms. The van der Waals surface area contributed by atoms with Crippen LogP contribution in [0.15, 0.2) is 0 Å². The lowest BCUT2D eigenvalue weighted by atomic mass is 9.82. The molecule has 0 rings (SSSR count). The second kappa shape index (κ2) is 9.83. The van der Waals surface area contributed by atoms with E-state index in [0.29, 0.717) is 0 Å². The van der Waals surface area contributed by atoms with Gasteiger partial charge in [0.1, 0.15) is 0 Å². The van der Waals surface area contributed by atoms with Crippen LogP contribution in [0.1, 0.15) is 67.2 Å². The van der Waals surface area contributed by atoms with Gasteiger partial charge in [-0.05, 0) is 50.1 Å². The molecular formula is C17H37N. The molecule has 0 aromatic carbocycles. The van der Waals surface area contributed by atoms with Crippen LogP contribution in [-0.4, -0.2) is 25.0 Å². The van der Waals surface area contributed by atoms with Gasteiger partial charge < -0.3 is 4.90 Å². The van der Waals surface area contributed by atoms with E-state index in [1.54, 1.807) is 0 Å². The fourth-order valence-electron chi connectivity index (χ4n) is 2.83. The Bertz CT molecular complexity index is 190. The van der Waals surface area contributed by atoms with E-state index in [2.05, 4.69) is 53.5 Å². The molecule has 0 aliphatic carbocycles. The standard InChI is InChI=1S/C17H37N/c1-8-10-14(3)13-18(7)12-11-16(5)17(6)15(4)9-2/h14-17H,8-13H2,1-7H3. The third-order valence-electron chi connectivity index (χ3n) is 4.81. The molecule has 0 N–H and O–H groups in total. The predicted molar refractivity (Wildman–Crippen MR) is 84.0 cm³/mol. The van der Waals surface area contributed by atoms with Crippen molar-refractivity contribution in [3.63, 3.8) is 0 Å². The molecule has 0 saturated heterocycles. The van der Waals surface area contributed by atoms with Gasteiger partial charge in [0.2, 0.25) is 0 Å². The number of hydrogen-bond donors (Lipinski definition) is 0. The van der Waals surface area contributed by atoms with Crippen molar-refractivity contribution in [1.82, 2.24) is 4.90 Å². The Morgan fingerprint density at radius 1 is 0.889 bits per heavy atom. The Morgan fingerprint density at radius 2 is 1.50 bits per heavy atom. The first kappa shape index (κ1) is 18.0. The summed E-state index contributed by atoms with van der Waals surface area (Å²) in [5.74, 6) is 3.42. The largest absolute Gasteiger partial charge is 0.306 e. The zero-order valence-electron chi connectivity index (χ0n) is 14.0. The van der Waals surface area contributed by atoms with Crippen LogP contribution < -0.4 is 0 Å². The van der Waals surface area contributed by atoms with Gasteiger partial charge in [-0.2, -0.15) is 0 Å². The van der Waals surface area contributed by atoms with Gasteiger partial charge in [-0.1, -0.05) is 54.4 Å². The Balaban J connectivity index is 3.86. The lowest BCUT2D eigenvalue weighted by molar-refractivity contribution is 0.212. The van der Waals surface area contributed by atoms with Gasteiger partial charge in [-0.15, -0.1) is 0 Å². The molecule has 0 bridgehead atoms. The normalized spacial score (nSPS) is 18.7. The Labute approximate surface area is 116 Å². The summed E-state index contributed by atoms with van der Waals surface area (Å²) >= 11 is 0. The van der Waals surface area contributed by atoms with Crippen LogP contribution in [0.5, 0.6) is 0 Å². The molecule has 0 fully saturated rings. The van der Waals surface area contributed by atoms with Gasteiger partial charge in [0.25, 0.3) is 0 Å². The summed E-state index contributed by atoms with van der Waals surface area (Å²) in [5.41, 5.74) is 0. The second-order valence-corrected chi connectivity index (χ2v) is 6.67. The minimum Gasteiger partial charge on any atom is -0.306 e. The highest BCUT2D eigenvalue weighted by Crippen LogP contribution is 2.25. The molecule has 4 unspecified atom stereocenters. The predicted octanol–water partition coefficient (Wildman–Crippen LogP) is 5.06. The van der Waals surface area contributed by atoms with Gasteiger partial charge in [-0.25, -0.2) is 0 Å². The van der Waals surface area contributed by atoms with E-state index in [4.69, 9.17) is 0 Å². The maximum Gasteiger partial charge on any atom is 0.000397 e. The summed E-state index contributed by atoms with van der Waals surface area (Å²) in [6.07, 6.45) is 5.34. The van der Waals surface area contributed by atoms with Crippen LogP contribution >= 0.6 is 0 Å². The molecule has 0 heterocycles. The van der Waals surface area contributed by atoms with Crippen LogP contribution in [0.25, 0.3) is 0 Å². The van der Waals surface area contributed by atoms with Crippen molar-refractivity contribution in [2.45, 2.75) is 67.2 Å². The van der Waals surface area contributed by atoms with Crippen LogP contribution in [0.2, 0.25) is 0 Å². The lowest BCUT2D eigenvalue weighted by Crippen LogP contribution is -2.28. The fourth-order valence-corrected chi connectivity index (χ4v) is 2.83. The van der Waals surface area contributed by atoms with Crippen molar-refractivity contribution < 1.29 is 0 Å². The number of nitrogens with zero attached hydrogens (tertiary/aromatic N) is 1. The minimum atomic E-state index is 0.849. The van der Waals surface area contributed by atoms with E-state index < -0.39 is 0 Å². The highest BCUT2D eigenvalue weighted by atomic mass is 15.1. The Morgan fingerprint density at radius 3 is 2.00 bits per heavy atom. The van der Waals surface area contributed by atoms with Crippen molar-refractivity contribution in [3.8, 4) is 0 Å². The Hall–Kier alpha value is -0.0400. The van der Waals surface area contributed by atoms with Crippen LogP contribution in [-0.2, 0) is 0 Å². The quantitative estimate of drug-likeness (QED) is 0.527. The molecule has 0 aromatic heterocycles. The van der Waals surface area contributed by atoms with Crippen molar-refractivity contribution >= 4 is 0 Å². The first-order chi connectivity index (χ1) is 8.42. The maximum atomic E-state index is 2.53. The number of rotatable bonds is 10. The van der Waals surface area contributed by atoms with Gasteiger partial charge in [0.05, 0.1) is 0 Å². The third kappa shape index (κ3) is 7.41. The summed E-state index contributed by atoms with van der Waals surface area (Å²) in [6, 6.07) is 0. The van der Waals surface area contributed by atoms with Gasteiger partial charge >= 0.3 is 0 Å². The second-order valence-electron chi connectivity index (χ2n) is 6.67. The average molecular weight is 255 g/mol. The topological polar surface area (TPSA) is 3.24 Å². The first-order valence-electron chi connectivity index (χ1n) is 8.10. The summed E-state index contributed by atoms with van der Waals surface area (Å²) in [6.45, 7) is 16.8. The van der Waals surface area contributed by atoms with Gasteiger partial charge in [0, 0.05) is 6.54 Å². The molecule has 110 valence electrons. The molecule has 0 saturated carbocycles. The maximum absolute atomic E-state index is 2.53. The van der Waals surface area contributed by atoms with E-state index in [9.17, 15) is 0 Å². The zero-order valence-corrected chi connectivity index (χ0v) is 14.0. The smallest absolute Gasteiger partial charge is 0.000397 e. The Kier molecular flexibility index (Phi) is 9.81. The van der Waals surface area contributed by atoms with Crippen LogP contribution in [0, 0.1) is 23.7 Å². The molecule has 0 spiro atoms. The number of hydrogen-bond acceptors (Lipinski definition) is 1.